The molecule has 0 heterocycles. The molecule has 6 aromatic rings. The Morgan fingerprint density at radius 2 is 0.415 bits per heavy atom. The van der Waals surface area contributed by atoms with Crippen LogP contribution in [0.4, 0.5) is 0 Å². The Bertz CT molecular complexity index is 1460. The molecule has 0 aliphatic heterocycles. The van der Waals surface area contributed by atoms with Crippen LogP contribution >= 0.6 is 15.8 Å². The van der Waals surface area contributed by atoms with E-state index >= 15 is 0 Å². The third-order valence-electron chi connectivity index (χ3n) is 7.92. The zero-order valence-electron chi connectivity index (χ0n) is 31.6. The topological polar surface area (TPSA) is 80.9 Å². The van der Waals surface area contributed by atoms with Gasteiger partial charge in [0, 0.05) is 30.3 Å². The summed E-state index contributed by atoms with van der Waals surface area (Å²) in [6.07, 6.45) is -2.40. The van der Waals surface area contributed by atoms with Crippen LogP contribution in [0.2, 0.25) is 0 Å². The summed E-state index contributed by atoms with van der Waals surface area (Å²) in [5, 5.41) is 42.4. The van der Waals surface area contributed by atoms with Gasteiger partial charge in [0.15, 0.2) is 12.6 Å². The van der Waals surface area contributed by atoms with Gasteiger partial charge in [0.1, 0.15) is 31.8 Å². The molecule has 0 aliphatic rings. The zero-order chi connectivity index (χ0) is 38.0. The fourth-order valence-corrected chi connectivity index (χ4v) is 9.78. The van der Waals surface area contributed by atoms with Gasteiger partial charge >= 0.3 is 0 Å². The molecule has 53 heavy (non-hydrogen) atoms. The van der Waals surface area contributed by atoms with Crippen LogP contribution in [0.5, 0.6) is 0 Å². The fraction of sp³-hybridized carbons (Fsp3) is 0.217. The van der Waals surface area contributed by atoms with Gasteiger partial charge in [-0.05, 0) is 72.8 Å². The molecular formula is C46H56O4P2Ru+2. The van der Waals surface area contributed by atoms with Crippen molar-refractivity contribution in [3.63, 3.8) is 0 Å². The van der Waals surface area contributed by atoms with Gasteiger partial charge in [0.25, 0.3) is 0 Å². The number of rotatable bonds is 6. The average molecular weight is 836 g/mol. The first-order valence-electron chi connectivity index (χ1n) is 17.6. The predicted octanol–water partition coefficient (Wildman–Crippen LogP) is 7.04. The molecule has 0 spiro atoms. The van der Waals surface area contributed by atoms with E-state index in [0.29, 0.717) is 0 Å². The molecule has 0 saturated heterocycles. The van der Waals surface area contributed by atoms with Crippen LogP contribution in [0, 0.1) is 10.8 Å². The molecule has 0 aliphatic carbocycles. The van der Waals surface area contributed by atoms with Crippen LogP contribution in [0.25, 0.3) is 0 Å². The first-order valence-corrected chi connectivity index (χ1v) is 20.6. The van der Waals surface area contributed by atoms with E-state index in [-0.39, 0.29) is 30.3 Å². The van der Waals surface area contributed by atoms with E-state index in [2.05, 4.69) is 182 Å². The second-order valence-electron chi connectivity index (χ2n) is 14.4. The summed E-state index contributed by atoms with van der Waals surface area (Å²) in [5.74, 6) is 0. The predicted molar refractivity (Wildman–Crippen MR) is 228 cm³/mol. The van der Waals surface area contributed by atoms with Gasteiger partial charge in [0.05, 0.1) is 15.8 Å². The Morgan fingerprint density at radius 1 is 0.302 bits per heavy atom. The van der Waals surface area contributed by atoms with Crippen molar-refractivity contribution in [2.45, 2.75) is 54.1 Å². The first kappa shape index (κ1) is 45.8. The summed E-state index contributed by atoms with van der Waals surface area (Å²) in [6.45, 7) is 10.6. The van der Waals surface area contributed by atoms with Gasteiger partial charge in [0.2, 0.25) is 0 Å². The van der Waals surface area contributed by atoms with Crippen molar-refractivity contribution in [1.29, 1.82) is 0 Å². The molecule has 0 atom stereocenters. The monoisotopic (exact) mass is 836 g/mol. The van der Waals surface area contributed by atoms with Crippen LogP contribution in [0.1, 0.15) is 41.5 Å². The minimum atomic E-state index is -1.20. The van der Waals surface area contributed by atoms with E-state index in [4.69, 9.17) is 20.4 Å². The van der Waals surface area contributed by atoms with Gasteiger partial charge in [-0.3, -0.25) is 0 Å². The van der Waals surface area contributed by atoms with Crippen LogP contribution in [-0.2, 0) is 19.5 Å². The number of benzene rings is 6. The summed E-state index contributed by atoms with van der Waals surface area (Å²) >= 11 is 0. The molecular weight excluding hydrogens is 780 g/mol. The second kappa shape index (κ2) is 23.4. The molecule has 280 valence electrons. The van der Waals surface area contributed by atoms with Crippen molar-refractivity contribution < 1.29 is 39.9 Å². The van der Waals surface area contributed by atoms with E-state index < -0.39 is 28.4 Å². The average Bonchev–Trinajstić information content (AvgIpc) is 3.15. The first-order chi connectivity index (χ1) is 24.8. The third-order valence-corrected chi connectivity index (χ3v) is 13.4. The van der Waals surface area contributed by atoms with E-state index in [0.717, 1.165) is 0 Å². The molecule has 0 radical (unpaired) electrons. The Kier molecular flexibility index (Phi) is 20.2. The molecule has 6 rings (SSSR count). The van der Waals surface area contributed by atoms with Crippen molar-refractivity contribution in [1.82, 2.24) is 0 Å². The molecule has 7 heteroatoms. The number of hydrogen-bond acceptors (Lipinski definition) is 4. The maximum atomic E-state index is 8.44. The van der Waals surface area contributed by atoms with Crippen molar-refractivity contribution in [3.05, 3.63) is 182 Å². The van der Waals surface area contributed by atoms with Crippen molar-refractivity contribution in [3.8, 4) is 0 Å². The second-order valence-corrected chi connectivity index (χ2v) is 19.4. The minimum absolute atomic E-state index is 0. The Labute approximate surface area is 332 Å². The number of aliphatic hydroxyl groups excluding tert-OH is 2. The number of hydrogen-bond donors (Lipinski definition) is 4. The summed E-state index contributed by atoms with van der Waals surface area (Å²) in [7, 11) is -1.75. The van der Waals surface area contributed by atoms with Gasteiger partial charge in [-0.15, -0.1) is 0 Å². The molecule has 0 saturated carbocycles. The summed E-state index contributed by atoms with van der Waals surface area (Å²) in [5.41, 5.74) is -0.778. The summed E-state index contributed by atoms with van der Waals surface area (Å²) < 4.78 is 0. The largest absolute Gasteiger partial charge is 0.368 e. The maximum Gasteiger partial charge on any atom is 0.156 e. The van der Waals surface area contributed by atoms with E-state index in [9.17, 15) is 0 Å². The summed E-state index contributed by atoms with van der Waals surface area (Å²) in [6, 6.07) is 65.0. The Morgan fingerprint density at radius 3 is 0.509 bits per heavy atom. The van der Waals surface area contributed by atoms with E-state index in [1.54, 1.807) is 41.5 Å². The maximum absolute atomic E-state index is 8.44. The Hall–Kier alpha value is -3.36. The molecule has 0 aromatic heterocycles. The fourth-order valence-electron chi connectivity index (χ4n) is 4.63. The SMILES string of the molecule is CC(C)(C)C(O)O.CC(C)(C)C(O)O.[Ru].c1ccc([PH+](c2ccccc2)c2ccccc2)cc1.c1ccc([PH+](c2ccccc2)c2ccccc2)cc1. The van der Waals surface area contributed by atoms with Gasteiger partial charge < -0.3 is 20.4 Å². The van der Waals surface area contributed by atoms with Crippen LogP contribution in [0.15, 0.2) is 182 Å². The van der Waals surface area contributed by atoms with Crippen molar-refractivity contribution in [2.24, 2.45) is 10.8 Å². The molecule has 4 nitrogen and oxygen atoms in total. The molecule has 0 bridgehead atoms. The molecule has 0 unspecified atom stereocenters. The van der Waals surface area contributed by atoms with Gasteiger partial charge in [-0.25, -0.2) is 0 Å². The van der Waals surface area contributed by atoms with Crippen molar-refractivity contribution in [2.75, 3.05) is 0 Å². The normalized spacial score (nSPS) is 11.0. The van der Waals surface area contributed by atoms with Gasteiger partial charge in [-0.1, -0.05) is 151 Å². The van der Waals surface area contributed by atoms with Gasteiger partial charge in [-0.2, -0.15) is 0 Å². The quantitative estimate of drug-likeness (QED) is 0.0826. The Balaban J connectivity index is 0.000000269. The number of aliphatic hydroxyl groups is 4. The van der Waals surface area contributed by atoms with Crippen LogP contribution in [-0.4, -0.2) is 33.0 Å². The van der Waals surface area contributed by atoms with Crippen LogP contribution in [0.3, 0.4) is 0 Å². The molecule has 4 N–H and O–H groups in total. The standard InChI is InChI=1S/2C18H15P.2C5H12O2.Ru/c2*1-4-10-16(11-5-1)19(17-12-6-2-7-13-17)18-14-8-3-9-15-18;2*1-5(2,3)4(6)7;/h2*1-15H;2*4,6-7H,1-3H3;/p+2. The molecule has 0 fully saturated rings. The smallest absolute Gasteiger partial charge is 0.156 e. The van der Waals surface area contributed by atoms with E-state index in [1.165, 1.54) is 31.8 Å². The zero-order valence-corrected chi connectivity index (χ0v) is 35.4. The van der Waals surface area contributed by atoms with Crippen LogP contribution < -0.4 is 31.8 Å². The minimum Gasteiger partial charge on any atom is -0.368 e. The third kappa shape index (κ3) is 16.3. The molecule has 0 amide bonds. The van der Waals surface area contributed by atoms with E-state index in [1.807, 2.05) is 0 Å². The summed E-state index contributed by atoms with van der Waals surface area (Å²) in [4.78, 5) is 0. The molecule has 6 aromatic carbocycles. The van der Waals surface area contributed by atoms with Crippen molar-refractivity contribution >= 4 is 47.7 Å².